The van der Waals surface area contributed by atoms with Crippen LogP contribution < -0.4 is 0 Å². The third kappa shape index (κ3) is 4.37. The van der Waals surface area contributed by atoms with E-state index in [2.05, 4.69) is 17.1 Å². The fourth-order valence-corrected chi connectivity index (χ4v) is 2.76. The van der Waals surface area contributed by atoms with E-state index in [0.29, 0.717) is 0 Å². The van der Waals surface area contributed by atoms with Gasteiger partial charge >= 0.3 is 0 Å². The molecule has 0 fully saturated rings. The molecule has 1 N–H and O–H groups in total. The number of rotatable bonds is 6. The van der Waals surface area contributed by atoms with Gasteiger partial charge in [-0.3, -0.25) is 4.79 Å². The second kappa shape index (κ2) is 7.33. The minimum Gasteiger partial charge on any atom is -0.394 e. The molecule has 0 radical (unpaired) electrons. The van der Waals surface area contributed by atoms with Crippen LogP contribution in [0.3, 0.4) is 0 Å². The molecule has 2 rings (SSSR count). The van der Waals surface area contributed by atoms with Crippen LogP contribution in [0.4, 0.5) is 0 Å². The van der Waals surface area contributed by atoms with Gasteiger partial charge in [-0.1, -0.05) is 30.3 Å². The number of hydrogen-bond donors (Lipinski definition) is 1. The summed E-state index contributed by atoms with van der Waals surface area (Å²) in [7, 11) is 1.71. The van der Waals surface area contributed by atoms with Crippen LogP contribution in [0.5, 0.6) is 0 Å². The van der Waals surface area contributed by atoms with Crippen molar-refractivity contribution in [1.29, 1.82) is 0 Å². The molecule has 0 bridgehead atoms. The van der Waals surface area contributed by atoms with Crippen molar-refractivity contribution in [1.82, 2.24) is 9.88 Å². The minimum absolute atomic E-state index is 0.0203. The molecule has 21 heavy (non-hydrogen) atoms. The Labute approximate surface area is 129 Å². The number of aliphatic hydroxyl groups is 1. The Morgan fingerprint density at radius 1 is 1.38 bits per heavy atom. The van der Waals surface area contributed by atoms with E-state index in [1.807, 2.05) is 30.5 Å². The largest absolute Gasteiger partial charge is 0.394 e. The Morgan fingerprint density at radius 3 is 2.76 bits per heavy atom. The zero-order valence-electron chi connectivity index (χ0n) is 12.3. The molecule has 112 valence electrons. The Hall–Kier alpha value is -1.72. The molecule has 0 aliphatic heterocycles. The van der Waals surface area contributed by atoms with Crippen molar-refractivity contribution < 1.29 is 9.90 Å². The van der Waals surface area contributed by atoms with E-state index < -0.39 is 0 Å². The number of likely N-dealkylation sites (N-methyl/N-ethyl adjacent to an activating group) is 1. The van der Waals surface area contributed by atoms with Crippen molar-refractivity contribution in [2.45, 2.75) is 25.8 Å². The summed E-state index contributed by atoms with van der Waals surface area (Å²) in [6.45, 7) is 1.79. The van der Waals surface area contributed by atoms with Gasteiger partial charge in [0.2, 0.25) is 5.91 Å². The van der Waals surface area contributed by atoms with Crippen molar-refractivity contribution in [3.8, 4) is 0 Å². The summed E-state index contributed by atoms with van der Waals surface area (Å²) in [5, 5.41) is 12.0. The van der Waals surface area contributed by atoms with Crippen LogP contribution in [0.25, 0.3) is 0 Å². The third-order valence-corrected chi connectivity index (χ3v) is 4.35. The summed E-state index contributed by atoms with van der Waals surface area (Å²) in [4.78, 5) is 18.1. The second-order valence-electron chi connectivity index (χ2n) is 5.11. The molecule has 1 heterocycles. The fraction of sp³-hybridized carbons (Fsp3) is 0.375. The second-order valence-corrected chi connectivity index (χ2v) is 6.05. The topological polar surface area (TPSA) is 53.4 Å². The number of hydrogen-bond acceptors (Lipinski definition) is 4. The van der Waals surface area contributed by atoms with Gasteiger partial charge < -0.3 is 10.0 Å². The van der Waals surface area contributed by atoms with Crippen LogP contribution in [-0.4, -0.2) is 40.6 Å². The van der Waals surface area contributed by atoms with Crippen LogP contribution in [0.2, 0.25) is 0 Å². The predicted octanol–water partition coefficient (Wildman–Crippen LogP) is 2.12. The smallest absolute Gasteiger partial charge is 0.228 e. The predicted molar refractivity (Wildman–Crippen MR) is 84.4 cm³/mol. The quantitative estimate of drug-likeness (QED) is 0.889. The average Bonchev–Trinajstić information content (AvgIpc) is 2.93. The number of aliphatic hydroxyl groups excluding tert-OH is 1. The summed E-state index contributed by atoms with van der Waals surface area (Å²) in [5.74, 6) is -0.0203. The van der Waals surface area contributed by atoms with E-state index in [0.717, 1.165) is 17.1 Å². The standard InChI is InChI=1S/C16H20N2O2S/c1-12(10-19)18(2)16(20)9-14-11-21-15(17-14)8-13-6-4-3-5-7-13/h3-7,11-12,19H,8-10H2,1-2H3. The summed E-state index contributed by atoms with van der Waals surface area (Å²) in [5.41, 5.74) is 2.02. The number of carbonyl (C=O) groups is 1. The number of amides is 1. The molecular weight excluding hydrogens is 284 g/mol. The molecule has 0 saturated carbocycles. The van der Waals surface area contributed by atoms with Crippen LogP contribution in [-0.2, 0) is 17.6 Å². The number of benzene rings is 1. The van der Waals surface area contributed by atoms with E-state index in [1.54, 1.807) is 23.3 Å². The van der Waals surface area contributed by atoms with E-state index in [-0.39, 0.29) is 25.0 Å². The minimum atomic E-state index is -0.167. The maximum Gasteiger partial charge on any atom is 0.228 e. The van der Waals surface area contributed by atoms with Gasteiger partial charge in [-0.05, 0) is 12.5 Å². The third-order valence-electron chi connectivity index (χ3n) is 3.45. The van der Waals surface area contributed by atoms with Gasteiger partial charge in [0.05, 0.1) is 29.8 Å². The van der Waals surface area contributed by atoms with Crippen LogP contribution >= 0.6 is 11.3 Å². The Morgan fingerprint density at radius 2 is 2.10 bits per heavy atom. The first-order valence-corrected chi connectivity index (χ1v) is 7.82. The first kappa shape index (κ1) is 15.7. The van der Waals surface area contributed by atoms with E-state index in [1.165, 1.54) is 5.56 Å². The van der Waals surface area contributed by atoms with Crippen molar-refractivity contribution in [2.24, 2.45) is 0 Å². The number of carbonyl (C=O) groups excluding carboxylic acids is 1. The highest BCUT2D eigenvalue weighted by Gasteiger charge is 2.16. The Kier molecular flexibility index (Phi) is 5.47. The normalized spacial score (nSPS) is 12.1. The lowest BCUT2D eigenvalue weighted by Gasteiger charge is -2.22. The monoisotopic (exact) mass is 304 g/mol. The Balaban J connectivity index is 1.96. The van der Waals surface area contributed by atoms with Gasteiger partial charge in [0.1, 0.15) is 0 Å². The molecule has 1 atom stereocenters. The van der Waals surface area contributed by atoms with Crippen molar-refractivity contribution in [3.63, 3.8) is 0 Å². The highest BCUT2D eigenvalue weighted by Crippen LogP contribution is 2.15. The zero-order valence-corrected chi connectivity index (χ0v) is 13.1. The molecule has 1 unspecified atom stereocenters. The van der Waals surface area contributed by atoms with Crippen molar-refractivity contribution in [2.75, 3.05) is 13.7 Å². The number of thiazole rings is 1. The van der Waals surface area contributed by atoms with Gasteiger partial charge in [0.15, 0.2) is 0 Å². The number of nitrogens with zero attached hydrogens (tertiary/aromatic N) is 2. The highest BCUT2D eigenvalue weighted by atomic mass is 32.1. The molecule has 1 aromatic heterocycles. The first-order valence-electron chi connectivity index (χ1n) is 6.94. The molecular formula is C16H20N2O2S. The molecule has 5 heteroatoms. The van der Waals surface area contributed by atoms with Crippen LogP contribution in [0.1, 0.15) is 23.2 Å². The van der Waals surface area contributed by atoms with E-state index in [4.69, 9.17) is 5.11 Å². The fourth-order valence-electron chi connectivity index (χ4n) is 1.93. The lowest BCUT2D eigenvalue weighted by molar-refractivity contribution is -0.131. The van der Waals surface area contributed by atoms with Gasteiger partial charge in [-0.15, -0.1) is 11.3 Å². The Bertz CT molecular complexity index is 583. The lowest BCUT2D eigenvalue weighted by atomic mass is 10.2. The molecule has 1 aromatic carbocycles. The van der Waals surface area contributed by atoms with Crippen LogP contribution in [0.15, 0.2) is 35.7 Å². The van der Waals surface area contributed by atoms with Gasteiger partial charge in [0.25, 0.3) is 0 Å². The zero-order chi connectivity index (χ0) is 15.2. The first-order chi connectivity index (χ1) is 10.1. The van der Waals surface area contributed by atoms with E-state index in [9.17, 15) is 4.79 Å². The lowest BCUT2D eigenvalue weighted by Crippen LogP contribution is -2.38. The highest BCUT2D eigenvalue weighted by molar-refractivity contribution is 7.09. The van der Waals surface area contributed by atoms with Crippen molar-refractivity contribution >= 4 is 17.2 Å². The SMILES string of the molecule is CC(CO)N(C)C(=O)Cc1csc(Cc2ccccc2)n1. The van der Waals surface area contributed by atoms with Gasteiger partial charge in [-0.25, -0.2) is 4.98 Å². The number of aromatic nitrogens is 1. The van der Waals surface area contributed by atoms with Crippen LogP contribution in [0, 0.1) is 0 Å². The molecule has 0 saturated heterocycles. The summed E-state index contributed by atoms with van der Waals surface area (Å²) in [6, 6.07) is 10.00. The summed E-state index contributed by atoms with van der Waals surface area (Å²) < 4.78 is 0. The maximum absolute atomic E-state index is 12.1. The van der Waals surface area contributed by atoms with E-state index >= 15 is 0 Å². The van der Waals surface area contributed by atoms with Gasteiger partial charge in [0, 0.05) is 18.8 Å². The molecule has 0 aliphatic rings. The summed E-state index contributed by atoms with van der Waals surface area (Å²) >= 11 is 1.58. The van der Waals surface area contributed by atoms with Gasteiger partial charge in [-0.2, -0.15) is 0 Å². The maximum atomic E-state index is 12.1. The summed E-state index contributed by atoms with van der Waals surface area (Å²) in [6.07, 6.45) is 1.08. The molecule has 0 spiro atoms. The molecule has 2 aromatic rings. The van der Waals surface area contributed by atoms with Crippen molar-refractivity contribution in [3.05, 3.63) is 52.0 Å². The molecule has 0 aliphatic carbocycles. The molecule has 4 nitrogen and oxygen atoms in total. The molecule has 1 amide bonds. The average molecular weight is 304 g/mol.